The lowest BCUT2D eigenvalue weighted by Crippen LogP contribution is -2.39. The van der Waals surface area contributed by atoms with E-state index in [1.165, 1.54) is 24.0 Å². The second kappa shape index (κ2) is 12.1. The van der Waals surface area contributed by atoms with Gasteiger partial charge < -0.3 is 5.32 Å². The highest BCUT2D eigenvalue weighted by Gasteiger charge is 2.20. The van der Waals surface area contributed by atoms with E-state index in [2.05, 4.69) is 64.0 Å². The Kier molecular flexibility index (Phi) is 8.90. The smallest absolute Gasteiger partial charge is 0.187 e. The fourth-order valence-electron chi connectivity index (χ4n) is 4.13. The Morgan fingerprint density at radius 2 is 1.85 bits per heavy atom. The van der Waals surface area contributed by atoms with Gasteiger partial charge >= 0.3 is 0 Å². The van der Waals surface area contributed by atoms with Crippen LogP contribution < -0.4 is 5.32 Å². The molecule has 0 amide bonds. The number of benzene rings is 2. The summed E-state index contributed by atoms with van der Waals surface area (Å²) in [7, 11) is 0. The minimum absolute atomic E-state index is 0.600. The molecule has 1 aromatic heterocycles. The molecule has 4 nitrogen and oxygen atoms in total. The monoisotopic (exact) mass is 512 g/mol. The molecular weight excluding hydrogens is 483 g/mol. The predicted octanol–water partition coefficient (Wildman–Crippen LogP) is 6.87. The number of hydrogen-bond donors (Lipinski definition) is 1. The van der Waals surface area contributed by atoms with Crippen LogP contribution in [-0.4, -0.2) is 40.3 Å². The van der Waals surface area contributed by atoms with Crippen LogP contribution in [0.25, 0.3) is 11.1 Å². The van der Waals surface area contributed by atoms with E-state index in [0.717, 1.165) is 53.9 Å². The van der Waals surface area contributed by atoms with Crippen LogP contribution in [0.3, 0.4) is 0 Å². The molecule has 0 aliphatic carbocycles. The molecule has 1 atom stereocenters. The van der Waals surface area contributed by atoms with Crippen molar-refractivity contribution in [1.29, 1.82) is 0 Å². The van der Waals surface area contributed by atoms with Crippen molar-refractivity contribution in [1.82, 2.24) is 20.2 Å². The summed E-state index contributed by atoms with van der Waals surface area (Å²) in [5.74, 6) is 1.35. The lowest BCUT2D eigenvalue weighted by Gasteiger charge is -2.33. The molecule has 0 radical (unpaired) electrons. The number of likely N-dealkylation sites (tertiary alicyclic amines) is 1. The van der Waals surface area contributed by atoms with E-state index in [0.29, 0.717) is 16.0 Å². The molecular formula is C27H30Cl2N4S. The molecule has 0 spiro atoms. The topological polar surface area (TPSA) is 41.1 Å². The van der Waals surface area contributed by atoms with Gasteiger partial charge in [0.15, 0.2) is 5.16 Å². The normalized spacial score (nSPS) is 16.4. The third-order valence-corrected chi connectivity index (χ3v) is 7.72. The molecule has 4 rings (SSSR count). The van der Waals surface area contributed by atoms with E-state index < -0.39 is 0 Å². The van der Waals surface area contributed by atoms with Crippen molar-refractivity contribution >= 4 is 35.0 Å². The molecule has 34 heavy (non-hydrogen) atoms. The lowest BCUT2D eigenvalue weighted by atomic mass is 9.97. The van der Waals surface area contributed by atoms with Gasteiger partial charge in [0.1, 0.15) is 0 Å². The Bertz CT molecular complexity index is 1100. The summed E-state index contributed by atoms with van der Waals surface area (Å²) >= 11 is 13.8. The van der Waals surface area contributed by atoms with Crippen molar-refractivity contribution in [2.24, 2.45) is 5.92 Å². The maximum Gasteiger partial charge on any atom is 0.187 e. The second-order valence-electron chi connectivity index (χ2n) is 8.89. The van der Waals surface area contributed by atoms with Crippen molar-refractivity contribution in [3.63, 3.8) is 0 Å². The number of rotatable bonds is 9. The Morgan fingerprint density at radius 3 is 2.59 bits per heavy atom. The molecule has 178 valence electrons. The summed E-state index contributed by atoms with van der Waals surface area (Å²) in [4.78, 5) is 11.5. The van der Waals surface area contributed by atoms with Crippen LogP contribution in [0.4, 0.5) is 0 Å². The summed E-state index contributed by atoms with van der Waals surface area (Å²) in [6, 6.07) is 14.3. The van der Waals surface area contributed by atoms with Crippen molar-refractivity contribution in [2.45, 2.75) is 31.5 Å². The highest BCUT2D eigenvalue weighted by molar-refractivity contribution is 7.99. The van der Waals surface area contributed by atoms with Gasteiger partial charge in [-0.2, -0.15) is 0 Å². The molecule has 2 heterocycles. The zero-order valence-electron chi connectivity index (χ0n) is 19.4. The van der Waals surface area contributed by atoms with Crippen LogP contribution in [0.2, 0.25) is 10.0 Å². The highest BCUT2D eigenvalue weighted by Crippen LogP contribution is 2.25. The maximum atomic E-state index is 6.18. The summed E-state index contributed by atoms with van der Waals surface area (Å²) in [6.07, 6.45) is 6.21. The molecule has 1 fully saturated rings. The Hall–Kier alpha value is -2.05. The third kappa shape index (κ3) is 7.22. The Balaban J connectivity index is 1.20. The molecule has 1 saturated heterocycles. The van der Waals surface area contributed by atoms with Crippen LogP contribution >= 0.6 is 35.0 Å². The number of nitrogens with zero attached hydrogens (tertiary/aromatic N) is 3. The van der Waals surface area contributed by atoms with Crippen LogP contribution in [0.1, 0.15) is 24.0 Å². The largest absolute Gasteiger partial charge is 0.388 e. The number of piperidine rings is 1. The van der Waals surface area contributed by atoms with E-state index in [1.807, 2.05) is 24.5 Å². The van der Waals surface area contributed by atoms with Gasteiger partial charge in [-0.1, -0.05) is 77.4 Å². The molecule has 1 aliphatic rings. The fourth-order valence-corrected chi connectivity index (χ4v) is 5.12. The number of nitrogens with one attached hydrogen (secondary N) is 1. The average molecular weight is 514 g/mol. The molecule has 1 aliphatic heterocycles. The maximum absolute atomic E-state index is 6.18. The molecule has 3 aromatic rings. The first-order valence-corrected chi connectivity index (χ1v) is 13.3. The molecule has 7 heteroatoms. The summed E-state index contributed by atoms with van der Waals surface area (Å²) in [5.41, 5.74) is 5.63. The van der Waals surface area contributed by atoms with Gasteiger partial charge in [-0.15, -0.1) is 0 Å². The number of aryl methyl sites for hydroxylation is 1. The number of thioether (sulfide) groups is 1. The van der Waals surface area contributed by atoms with Gasteiger partial charge in [0.05, 0.1) is 10.0 Å². The zero-order chi connectivity index (χ0) is 23.9. The predicted molar refractivity (Wildman–Crippen MR) is 145 cm³/mol. The van der Waals surface area contributed by atoms with Crippen LogP contribution in [0.15, 0.2) is 72.3 Å². The standard InChI is InChI=1S/C27H30Cl2N4S/c1-19-5-8-23(9-6-19)24-14-31-27(32-15-24)34-18-20(2)30-13-22-4-3-11-33(17-22)16-21-7-10-25(28)26(29)12-21/h5-10,12,14-15,22,30H,2-4,11,13,16-18H2,1H3. The fraction of sp³-hybridized carbons (Fsp3) is 0.333. The van der Waals surface area contributed by atoms with Gasteiger partial charge in [0.2, 0.25) is 0 Å². The first-order valence-electron chi connectivity index (χ1n) is 11.6. The van der Waals surface area contributed by atoms with Gasteiger partial charge in [0.25, 0.3) is 0 Å². The zero-order valence-corrected chi connectivity index (χ0v) is 21.8. The van der Waals surface area contributed by atoms with E-state index in [9.17, 15) is 0 Å². The molecule has 0 saturated carbocycles. The van der Waals surface area contributed by atoms with E-state index in [4.69, 9.17) is 23.2 Å². The van der Waals surface area contributed by atoms with Crippen LogP contribution in [0.5, 0.6) is 0 Å². The summed E-state index contributed by atoms with van der Waals surface area (Å²) in [6.45, 7) is 10.3. The highest BCUT2D eigenvalue weighted by atomic mass is 35.5. The van der Waals surface area contributed by atoms with Gasteiger partial charge in [-0.05, 0) is 55.5 Å². The van der Waals surface area contributed by atoms with Crippen molar-refractivity contribution < 1.29 is 0 Å². The van der Waals surface area contributed by atoms with Crippen molar-refractivity contribution in [3.05, 3.63) is 88.3 Å². The number of aromatic nitrogens is 2. The van der Waals surface area contributed by atoms with Crippen molar-refractivity contribution in [2.75, 3.05) is 25.4 Å². The minimum Gasteiger partial charge on any atom is -0.388 e. The van der Waals surface area contributed by atoms with Gasteiger partial charge in [-0.25, -0.2) is 9.97 Å². The van der Waals surface area contributed by atoms with E-state index >= 15 is 0 Å². The average Bonchev–Trinajstić information content (AvgIpc) is 2.85. The Morgan fingerprint density at radius 1 is 1.09 bits per heavy atom. The molecule has 1 unspecified atom stereocenters. The Labute approximate surface area is 216 Å². The molecule has 0 bridgehead atoms. The number of hydrogen-bond acceptors (Lipinski definition) is 5. The SMILES string of the molecule is C=C(CSc1ncc(-c2ccc(C)cc2)cn1)NCC1CCCN(Cc2ccc(Cl)c(Cl)c2)C1. The first kappa shape index (κ1) is 25.1. The first-order chi connectivity index (χ1) is 16.5. The van der Waals surface area contributed by atoms with Crippen LogP contribution in [-0.2, 0) is 6.54 Å². The quantitative estimate of drug-likeness (QED) is 0.250. The van der Waals surface area contributed by atoms with E-state index in [1.54, 1.807) is 11.8 Å². The summed E-state index contributed by atoms with van der Waals surface area (Å²) < 4.78 is 0. The summed E-state index contributed by atoms with van der Waals surface area (Å²) in [5, 5.41) is 5.53. The third-order valence-electron chi connectivity index (χ3n) is 6.02. The molecule has 2 aromatic carbocycles. The van der Waals surface area contributed by atoms with Gasteiger partial charge in [-0.3, -0.25) is 4.90 Å². The minimum atomic E-state index is 0.600. The van der Waals surface area contributed by atoms with Crippen molar-refractivity contribution in [3.8, 4) is 11.1 Å². The van der Waals surface area contributed by atoms with Crippen LogP contribution in [0, 0.1) is 12.8 Å². The lowest BCUT2D eigenvalue weighted by molar-refractivity contribution is 0.167. The number of halogens is 2. The molecule has 1 N–H and O–H groups in total. The van der Waals surface area contributed by atoms with Gasteiger partial charge in [0, 0.05) is 49.0 Å². The van der Waals surface area contributed by atoms with E-state index in [-0.39, 0.29) is 0 Å². The second-order valence-corrected chi connectivity index (χ2v) is 10.6.